The van der Waals surface area contributed by atoms with Crippen molar-refractivity contribution in [3.63, 3.8) is 0 Å². The van der Waals surface area contributed by atoms with Gasteiger partial charge in [0, 0.05) is 5.88 Å². The van der Waals surface area contributed by atoms with Crippen LogP contribution in [0.25, 0.3) is 0 Å². The van der Waals surface area contributed by atoms with Crippen molar-refractivity contribution in [2.45, 2.75) is 0 Å². The Kier molecular flexibility index (Phi) is 4.12. The van der Waals surface area contributed by atoms with E-state index in [2.05, 4.69) is 0 Å². The van der Waals surface area contributed by atoms with Gasteiger partial charge in [0.05, 0.1) is 6.54 Å². The van der Waals surface area contributed by atoms with Gasteiger partial charge >= 0.3 is 6.03 Å². The molecule has 2 amide bonds. The van der Waals surface area contributed by atoms with Crippen molar-refractivity contribution in [3.8, 4) is 0 Å². The van der Waals surface area contributed by atoms with Crippen LogP contribution in [0.5, 0.6) is 0 Å². The SMILES string of the molecule is NC(=O)N(CCCl)[15NH2+][O-]. The zero-order valence-electron chi connectivity index (χ0n) is 4.71. The van der Waals surface area contributed by atoms with E-state index in [1.165, 1.54) is 0 Å². The van der Waals surface area contributed by atoms with Gasteiger partial charge in [-0.25, -0.2) is 4.79 Å². The predicted octanol–water partition coefficient (Wildman–Crippen LogP) is -1.42. The van der Waals surface area contributed by atoms with Crippen molar-refractivity contribution >= 4 is 17.6 Å². The summed E-state index contributed by atoms with van der Waals surface area (Å²) >= 11 is 5.21. The Morgan fingerprint density at radius 2 is 2.44 bits per heavy atom. The summed E-state index contributed by atoms with van der Waals surface area (Å²) < 4.78 is 0. The van der Waals surface area contributed by atoms with Crippen molar-refractivity contribution in [1.82, 2.24) is 5.01 Å². The lowest BCUT2D eigenvalue weighted by Gasteiger charge is -2.16. The number of nitrogens with two attached hydrogens (primary N) is 2. The molecule has 54 valence electrons. The van der Waals surface area contributed by atoms with E-state index >= 15 is 0 Å². The molecule has 6 heteroatoms. The number of hydrogen-bond acceptors (Lipinski definition) is 2. The third-order valence-electron chi connectivity index (χ3n) is 0.736. The molecule has 0 spiro atoms. The van der Waals surface area contributed by atoms with Crippen LogP contribution in [0.4, 0.5) is 4.79 Å². The minimum Gasteiger partial charge on any atom is -0.609 e. The highest BCUT2D eigenvalue weighted by Crippen LogP contribution is 1.77. The van der Waals surface area contributed by atoms with Crippen LogP contribution < -0.4 is 11.3 Å². The number of urea groups is 1. The lowest BCUT2D eigenvalue weighted by molar-refractivity contribution is -0.730. The van der Waals surface area contributed by atoms with Crippen molar-refractivity contribution < 1.29 is 10.4 Å². The molecule has 0 bridgehead atoms. The lowest BCUT2D eigenvalue weighted by Crippen LogP contribution is -2.90. The fourth-order valence-corrected chi connectivity index (χ4v) is 0.488. The van der Waals surface area contributed by atoms with Gasteiger partial charge in [0.15, 0.2) is 0 Å². The Labute approximate surface area is 57.3 Å². The topological polar surface area (TPSA) is 86.0 Å². The van der Waals surface area contributed by atoms with Crippen molar-refractivity contribution in [2.75, 3.05) is 12.4 Å². The van der Waals surface area contributed by atoms with E-state index < -0.39 is 6.03 Å². The van der Waals surface area contributed by atoms with E-state index in [9.17, 15) is 10.0 Å². The first-order chi connectivity index (χ1) is 4.22. The predicted molar refractivity (Wildman–Crippen MR) is 32.3 cm³/mol. The van der Waals surface area contributed by atoms with Crippen LogP contribution in [-0.4, -0.2) is 23.5 Å². The first-order valence-corrected chi connectivity index (χ1v) is 2.83. The summed E-state index contributed by atoms with van der Waals surface area (Å²) in [6, 6.07) is -0.773. The maximum absolute atomic E-state index is 10.2. The number of rotatable bonds is 3. The Bertz CT molecular complexity index is 99.1. The Balaban J connectivity index is 3.54. The second-order valence-electron chi connectivity index (χ2n) is 1.33. The summed E-state index contributed by atoms with van der Waals surface area (Å²) in [6.07, 6.45) is 0. The maximum atomic E-state index is 10.2. The third-order valence-corrected chi connectivity index (χ3v) is 0.905. The summed E-state index contributed by atoms with van der Waals surface area (Å²) in [5.74, 6) is 0.210. The molecular weight excluding hydrogens is 146 g/mol. The van der Waals surface area contributed by atoms with Gasteiger partial charge in [-0.2, -0.15) is 5.01 Å². The molecule has 0 aliphatic heterocycles. The largest absolute Gasteiger partial charge is 0.609 e. The molecule has 0 aromatic carbocycles. The van der Waals surface area contributed by atoms with Crippen LogP contribution in [-0.2, 0) is 0 Å². The van der Waals surface area contributed by atoms with Gasteiger partial charge in [-0.15, -0.1) is 11.6 Å². The van der Waals surface area contributed by atoms with Gasteiger partial charge in [0.25, 0.3) is 0 Å². The zero-order chi connectivity index (χ0) is 7.28. The smallest absolute Gasteiger partial charge is 0.359 e. The van der Waals surface area contributed by atoms with E-state index in [1.807, 2.05) is 0 Å². The summed E-state index contributed by atoms with van der Waals surface area (Å²) in [4.78, 5) is 10.2. The highest BCUT2D eigenvalue weighted by molar-refractivity contribution is 6.18. The minimum atomic E-state index is -0.773. The summed E-state index contributed by atoms with van der Waals surface area (Å²) in [7, 11) is 0. The maximum Gasteiger partial charge on any atom is 0.359 e. The normalized spacial score (nSPS) is 9.11. The zero-order valence-corrected chi connectivity index (χ0v) is 5.47. The van der Waals surface area contributed by atoms with E-state index in [0.717, 1.165) is 5.01 Å². The standard InChI is InChI=1S/C3H8ClN3O2/c4-1-2-7(6-9)3(5)8/h1-2,6H2,(H2,5,8)/i6+1. The highest BCUT2D eigenvalue weighted by Gasteiger charge is 2.05. The number of carbonyl (C=O) groups excluding carboxylic acids is 1. The number of nitrogens with zero attached hydrogens (tertiary/aromatic N) is 1. The number of quaternary nitrogens is 1. The molecule has 0 rings (SSSR count). The second kappa shape index (κ2) is 4.37. The molecular formula is C3H8ClN3O2. The molecule has 5 nitrogen and oxygen atoms in total. The molecule has 0 fully saturated rings. The van der Waals surface area contributed by atoms with Crippen molar-refractivity contribution in [3.05, 3.63) is 5.21 Å². The average Bonchev–Trinajstić information content (AvgIpc) is 1.82. The monoisotopic (exact) mass is 154 g/mol. The van der Waals surface area contributed by atoms with Gasteiger partial charge in [-0.05, 0) is 0 Å². The van der Waals surface area contributed by atoms with Gasteiger partial charge in [0.2, 0.25) is 0 Å². The van der Waals surface area contributed by atoms with Crippen LogP contribution in [0, 0.1) is 5.21 Å². The van der Waals surface area contributed by atoms with Crippen LogP contribution in [0.2, 0.25) is 0 Å². The first kappa shape index (κ1) is 8.48. The summed E-state index contributed by atoms with van der Waals surface area (Å²) in [5, 5.41) is 10.7. The van der Waals surface area contributed by atoms with E-state index in [1.54, 1.807) is 0 Å². The van der Waals surface area contributed by atoms with E-state index in [-0.39, 0.29) is 12.4 Å². The molecule has 0 aromatic heterocycles. The Morgan fingerprint density at radius 1 is 1.89 bits per heavy atom. The number of primary amides is 1. The molecule has 0 unspecified atom stereocenters. The average molecular weight is 155 g/mol. The molecule has 0 aliphatic carbocycles. The first-order valence-electron chi connectivity index (χ1n) is 2.29. The number of carbonyl (C=O) groups is 1. The third kappa shape index (κ3) is 3.12. The summed E-state index contributed by atoms with van der Waals surface area (Å²) in [5.41, 5.74) is 5.08. The van der Waals surface area contributed by atoms with Crippen molar-refractivity contribution in [1.29, 1.82) is 0 Å². The highest BCUT2D eigenvalue weighted by atomic mass is 35.5. The van der Waals surface area contributed by atoms with Crippen LogP contribution >= 0.6 is 11.6 Å². The van der Waals surface area contributed by atoms with Gasteiger partial charge < -0.3 is 10.9 Å². The molecule has 0 saturated heterocycles. The molecule has 0 radical (unpaired) electrons. The van der Waals surface area contributed by atoms with Gasteiger partial charge in [0.1, 0.15) is 0 Å². The fourth-order valence-electron chi connectivity index (χ4n) is 0.306. The summed E-state index contributed by atoms with van der Waals surface area (Å²) in [6.45, 7) is 0.167. The molecule has 4 N–H and O–H groups in total. The van der Waals surface area contributed by atoms with Gasteiger partial charge in [-0.3, -0.25) is 5.59 Å². The number of halogens is 1. The van der Waals surface area contributed by atoms with Crippen LogP contribution in [0.3, 0.4) is 0 Å². The number of alkyl halides is 1. The number of hydrogen-bond donors (Lipinski definition) is 2. The van der Waals surface area contributed by atoms with E-state index in [4.69, 9.17) is 17.3 Å². The fraction of sp³-hybridized carbons (Fsp3) is 0.667. The van der Waals surface area contributed by atoms with Crippen LogP contribution in [0.15, 0.2) is 0 Å². The minimum absolute atomic E-state index is 0.167. The lowest BCUT2D eigenvalue weighted by atomic mass is 10.7. The van der Waals surface area contributed by atoms with Crippen LogP contribution in [0.1, 0.15) is 0 Å². The number of amides is 2. The molecule has 0 aromatic rings. The van der Waals surface area contributed by atoms with E-state index in [0.29, 0.717) is 5.59 Å². The molecule has 0 saturated carbocycles. The second-order valence-corrected chi connectivity index (χ2v) is 1.70. The quantitative estimate of drug-likeness (QED) is 0.172. The Morgan fingerprint density at radius 3 is 2.56 bits per heavy atom. The molecule has 0 heterocycles. The molecule has 0 aliphatic rings. The molecule has 0 atom stereocenters. The molecule has 9 heavy (non-hydrogen) atoms. The van der Waals surface area contributed by atoms with Crippen molar-refractivity contribution in [2.24, 2.45) is 5.73 Å². The van der Waals surface area contributed by atoms with Gasteiger partial charge in [-0.1, -0.05) is 0 Å². The Hall–Kier alpha value is -0.520.